The molecule has 0 aromatic rings. The van der Waals surface area contributed by atoms with Crippen molar-refractivity contribution in [2.75, 3.05) is 6.54 Å². The van der Waals surface area contributed by atoms with E-state index in [9.17, 15) is 0 Å². The van der Waals surface area contributed by atoms with E-state index in [1.165, 1.54) is 6.92 Å². The second kappa shape index (κ2) is 9.06. The van der Waals surface area contributed by atoms with Crippen LogP contribution in [0.25, 0.3) is 0 Å². The van der Waals surface area contributed by atoms with Crippen molar-refractivity contribution in [2.24, 2.45) is 11.5 Å². The normalized spacial score (nSPS) is 6.14. The van der Waals surface area contributed by atoms with Gasteiger partial charge in [0, 0.05) is 0 Å². The van der Waals surface area contributed by atoms with E-state index >= 15 is 0 Å². The zero-order valence-corrected chi connectivity index (χ0v) is 4.86. The number of hydrogen-bond acceptors (Lipinski definition) is 2. The average Bonchev–Trinajstić information content (AvgIpc) is 1.33. The summed E-state index contributed by atoms with van der Waals surface area (Å²) in [4.78, 5) is 0. The fourth-order valence-corrected chi connectivity index (χ4v) is 0. The van der Waals surface area contributed by atoms with Gasteiger partial charge < -0.3 is 11.5 Å². The molecule has 0 fully saturated rings. The van der Waals surface area contributed by atoms with Crippen molar-refractivity contribution in [3.05, 3.63) is 0 Å². The highest BCUT2D eigenvalue weighted by Gasteiger charge is 1.53. The van der Waals surface area contributed by atoms with Crippen molar-refractivity contribution in [2.45, 2.75) is 13.8 Å². The number of nitrogens with one attached hydrogen (secondary N) is 1. The highest BCUT2D eigenvalue weighted by atomic mass is 14.7. The van der Waals surface area contributed by atoms with Crippen LogP contribution in [0.2, 0.25) is 0 Å². The van der Waals surface area contributed by atoms with Crippen LogP contribution in [-0.4, -0.2) is 12.4 Å². The van der Waals surface area contributed by atoms with Crippen LogP contribution in [0.5, 0.6) is 0 Å². The number of hydrogen-bond donors (Lipinski definition) is 3. The molecule has 0 spiro atoms. The topological polar surface area (TPSA) is 75.9 Å². The summed E-state index contributed by atoms with van der Waals surface area (Å²) < 4.78 is 0. The molecule has 44 valence electrons. The Labute approximate surface area is 44.2 Å². The molecular weight excluding hydrogens is 90.1 g/mol. The van der Waals surface area contributed by atoms with Gasteiger partial charge in [0.1, 0.15) is 0 Å². The van der Waals surface area contributed by atoms with E-state index in [-0.39, 0.29) is 5.84 Å². The number of nitrogens with two attached hydrogens (primary N) is 2. The first-order valence-electron chi connectivity index (χ1n) is 2.15. The van der Waals surface area contributed by atoms with Crippen molar-refractivity contribution in [1.29, 1.82) is 5.41 Å². The Kier molecular flexibility index (Phi) is 12.5. The lowest BCUT2D eigenvalue weighted by molar-refractivity contribution is 1.14. The summed E-state index contributed by atoms with van der Waals surface area (Å²) in [5, 5.41) is 6.28. The van der Waals surface area contributed by atoms with Gasteiger partial charge >= 0.3 is 0 Å². The lowest BCUT2D eigenvalue weighted by Gasteiger charge is -1.66. The minimum Gasteiger partial charge on any atom is -0.388 e. The Balaban J connectivity index is 0. The highest BCUT2D eigenvalue weighted by molar-refractivity contribution is 5.73. The molecule has 0 amide bonds. The quantitative estimate of drug-likeness (QED) is 0.296. The molecule has 0 rings (SSSR count). The molecule has 5 N–H and O–H groups in total. The second-order valence-electron chi connectivity index (χ2n) is 1.09. The van der Waals surface area contributed by atoms with Crippen molar-refractivity contribution in [3.8, 4) is 0 Å². The first-order chi connectivity index (χ1) is 3.15. The summed E-state index contributed by atoms with van der Waals surface area (Å²) in [6.45, 7) is 4.18. The summed E-state index contributed by atoms with van der Waals surface area (Å²) in [7, 11) is 0. The van der Waals surface area contributed by atoms with E-state index < -0.39 is 0 Å². The van der Waals surface area contributed by atoms with E-state index in [2.05, 4.69) is 0 Å². The van der Waals surface area contributed by atoms with E-state index in [4.69, 9.17) is 16.9 Å². The monoisotopic (exact) mass is 103 g/mol. The molecule has 0 saturated carbocycles. The molecule has 3 heteroatoms. The largest absolute Gasteiger partial charge is 0.388 e. The van der Waals surface area contributed by atoms with Crippen molar-refractivity contribution in [3.63, 3.8) is 0 Å². The summed E-state index contributed by atoms with van der Waals surface area (Å²) in [6.07, 6.45) is 0. The van der Waals surface area contributed by atoms with Crippen LogP contribution in [-0.2, 0) is 0 Å². The fourth-order valence-electron chi connectivity index (χ4n) is 0. The molecule has 0 saturated heterocycles. The maximum atomic E-state index is 6.28. The van der Waals surface area contributed by atoms with Gasteiger partial charge in [-0.15, -0.1) is 0 Å². The van der Waals surface area contributed by atoms with Gasteiger partial charge in [-0.25, -0.2) is 0 Å². The summed E-state index contributed by atoms with van der Waals surface area (Å²) >= 11 is 0. The van der Waals surface area contributed by atoms with Crippen LogP contribution >= 0.6 is 0 Å². The third-order valence-electron chi connectivity index (χ3n) is 0. The lowest BCUT2D eigenvalue weighted by Crippen LogP contribution is -2.00. The zero-order valence-electron chi connectivity index (χ0n) is 4.86. The van der Waals surface area contributed by atoms with Crippen LogP contribution in [0.15, 0.2) is 0 Å². The molecular formula is C4H13N3. The molecule has 0 bridgehead atoms. The third kappa shape index (κ3) is 197. The number of rotatable bonds is 0. The molecule has 0 aliphatic carbocycles. The molecule has 7 heavy (non-hydrogen) atoms. The van der Waals surface area contributed by atoms with Crippen molar-refractivity contribution in [1.82, 2.24) is 0 Å². The summed E-state index contributed by atoms with van der Waals surface area (Å²) in [5.74, 6) is 0.167. The Morgan fingerprint density at radius 2 is 1.71 bits per heavy atom. The van der Waals surface area contributed by atoms with Crippen LogP contribution in [0.4, 0.5) is 0 Å². The molecule has 0 heterocycles. The molecule has 0 aromatic heterocycles. The molecule has 0 atom stereocenters. The van der Waals surface area contributed by atoms with Crippen molar-refractivity contribution >= 4 is 5.84 Å². The first kappa shape index (κ1) is 9.66. The lowest BCUT2D eigenvalue weighted by atomic mass is 10.8. The Hall–Kier alpha value is -0.570. The summed E-state index contributed by atoms with van der Waals surface area (Å²) in [5.41, 5.74) is 9.54. The minimum absolute atomic E-state index is 0.167. The molecule has 0 aromatic carbocycles. The molecule has 0 unspecified atom stereocenters. The standard InChI is InChI=1S/C2H6N2.C2H7N/c1-2(3)4;1-2-3/h1H3,(H3,3,4);2-3H2,1H3. The van der Waals surface area contributed by atoms with E-state index in [1.54, 1.807) is 0 Å². The molecule has 0 aliphatic rings. The van der Waals surface area contributed by atoms with Crippen LogP contribution in [0, 0.1) is 5.41 Å². The average molecular weight is 103 g/mol. The second-order valence-corrected chi connectivity index (χ2v) is 1.09. The van der Waals surface area contributed by atoms with Gasteiger partial charge in [-0.05, 0) is 13.5 Å². The van der Waals surface area contributed by atoms with Crippen LogP contribution in [0.3, 0.4) is 0 Å². The first-order valence-corrected chi connectivity index (χ1v) is 2.15. The molecule has 0 aliphatic heterocycles. The molecule has 0 radical (unpaired) electrons. The highest BCUT2D eigenvalue weighted by Crippen LogP contribution is 1.36. The van der Waals surface area contributed by atoms with Crippen molar-refractivity contribution < 1.29 is 0 Å². The van der Waals surface area contributed by atoms with Gasteiger partial charge in [0.25, 0.3) is 0 Å². The Morgan fingerprint density at radius 1 is 1.71 bits per heavy atom. The zero-order chi connectivity index (χ0) is 6.28. The van der Waals surface area contributed by atoms with Gasteiger partial charge in [0.05, 0.1) is 5.84 Å². The van der Waals surface area contributed by atoms with Gasteiger partial charge in [-0.1, -0.05) is 6.92 Å². The van der Waals surface area contributed by atoms with Gasteiger partial charge in [0.2, 0.25) is 0 Å². The van der Waals surface area contributed by atoms with Gasteiger partial charge in [-0.3, -0.25) is 5.41 Å². The number of amidine groups is 1. The van der Waals surface area contributed by atoms with E-state index in [0.29, 0.717) is 0 Å². The van der Waals surface area contributed by atoms with Crippen LogP contribution < -0.4 is 11.5 Å². The Morgan fingerprint density at radius 3 is 1.71 bits per heavy atom. The van der Waals surface area contributed by atoms with Crippen LogP contribution in [0.1, 0.15) is 13.8 Å². The predicted octanol–water partition coefficient (Wildman–Crippen LogP) is -0.0927. The predicted molar refractivity (Wildman–Crippen MR) is 32.3 cm³/mol. The van der Waals surface area contributed by atoms with E-state index in [1.807, 2.05) is 6.92 Å². The van der Waals surface area contributed by atoms with Gasteiger partial charge in [0.15, 0.2) is 0 Å². The fraction of sp³-hybridized carbons (Fsp3) is 0.750. The summed E-state index contributed by atoms with van der Waals surface area (Å²) in [6, 6.07) is 0. The minimum atomic E-state index is 0.167. The third-order valence-corrected chi connectivity index (χ3v) is 0. The van der Waals surface area contributed by atoms with E-state index in [0.717, 1.165) is 6.54 Å². The molecule has 3 nitrogen and oxygen atoms in total. The van der Waals surface area contributed by atoms with Gasteiger partial charge in [-0.2, -0.15) is 0 Å². The SMILES string of the molecule is CC(=N)N.CCN. The maximum Gasteiger partial charge on any atom is 0.0873 e. The smallest absolute Gasteiger partial charge is 0.0873 e. The Bertz CT molecular complexity index is 38.2. The maximum absolute atomic E-state index is 6.28.